The number of rotatable bonds is 5. The fourth-order valence-electron chi connectivity index (χ4n) is 5.02. The van der Waals surface area contributed by atoms with Gasteiger partial charge in [-0.3, -0.25) is 25.1 Å². The molecule has 0 aliphatic carbocycles. The number of amides is 4. The first kappa shape index (κ1) is 23.7. The number of anilines is 1. The molecule has 35 heavy (non-hydrogen) atoms. The van der Waals surface area contributed by atoms with Crippen molar-refractivity contribution in [3.8, 4) is 5.75 Å². The minimum atomic E-state index is -0.541. The second-order valence-corrected chi connectivity index (χ2v) is 10.1. The van der Waals surface area contributed by atoms with Crippen LogP contribution >= 0.6 is 11.8 Å². The highest BCUT2D eigenvalue weighted by Crippen LogP contribution is 2.35. The van der Waals surface area contributed by atoms with Crippen LogP contribution in [0.15, 0.2) is 48.5 Å². The normalized spacial score (nSPS) is 26.0. The summed E-state index contributed by atoms with van der Waals surface area (Å²) in [5.74, 6) is 0.174. The van der Waals surface area contributed by atoms with E-state index in [0.717, 1.165) is 28.3 Å². The first-order valence-electron chi connectivity index (χ1n) is 11.6. The number of urea groups is 1. The number of para-hydroxylation sites is 1. The number of hydrogen-bond acceptors (Lipinski definition) is 7. The molecule has 10 heteroatoms. The number of carbonyl (C=O) groups excluding carboxylic acids is 3. The highest BCUT2D eigenvalue weighted by Gasteiger charge is 2.51. The Balaban J connectivity index is 1.37. The third-order valence-electron chi connectivity index (χ3n) is 6.98. The summed E-state index contributed by atoms with van der Waals surface area (Å²) in [5.41, 5.74) is 3.08. The predicted octanol–water partition coefficient (Wildman–Crippen LogP) is 2.00. The van der Waals surface area contributed by atoms with Crippen molar-refractivity contribution in [2.75, 3.05) is 38.4 Å². The van der Waals surface area contributed by atoms with E-state index < -0.39 is 12.1 Å². The Morgan fingerprint density at radius 3 is 2.57 bits per heavy atom. The second-order valence-electron chi connectivity index (χ2n) is 8.96. The molecular weight excluding hydrogens is 466 g/mol. The minimum absolute atomic E-state index is 0.0128. The van der Waals surface area contributed by atoms with Gasteiger partial charge in [-0.1, -0.05) is 30.3 Å². The van der Waals surface area contributed by atoms with E-state index in [1.54, 1.807) is 19.1 Å². The van der Waals surface area contributed by atoms with Gasteiger partial charge in [0.15, 0.2) is 0 Å². The molecular formula is C25H29N5O4S. The number of ether oxygens (including phenoxy) is 1. The van der Waals surface area contributed by atoms with Crippen LogP contribution < -0.4 is 20.3 Å². The Morgan fingerprint density at radius 2 is 1.83 bits per heavy atom. The predicted molar refractivity (Wildman–Crippen MR) is 134 cm³/mol. The van der Waals surface area contributed by atoms with Gasteiger partial charge in [0, 0.05) is 26.3 Å². The number of hydrogen-bond donors (Lipinski definition) is 2. The summed E-state index contributed by atoms with van der Waals surface area (Å²) in [6.07, 6.45) is 0.0342. The number of nitrogens with zero attached hydrogens (tertiary/aromatic N) is 3. The maximum atomic E-state index is 13.2. The van der Waals surface area contributed by atoms with E-state index in [-0.39, 0.29) is 35.1 Å². The van der Waals surface area contributed by atoms with Crippen molar-refractivity contribution >= 4 is 35.3 Å². The summed E-state index contributed by atoms with van der Waals surface area (Å²) in [6.45, 7) is 0.665. The molecule has 0 radical (unpaired) electrons. The van der Waals surface area contributed by atoms with Gasteiger partial charge >= 0.3 is 6.03 Å². The van der Waals surface area contributed by atoms with E-state index in [1.807, 2.05) is 47.4 Å². The van der Waals surface area contributed by atoms with Gasteiger partial charge in [-0.2, -0.15) is 0 Å². The monoisotopic (exact) mass is 495 g/mol. The number of thioether (sulfide) groups is 1. The number of fused-ring (bicyclic) bond motifs is 2. The fourth-order valence-corrected chi connectivity index (χ4v) is 6.21. The van der Waals surface area contributed by atoms with Crippen LogP contribution in [0.3, 0.4) is 0 Å². The van der Waals surface area contributed by atoms with Crippen molar-refractivity contribution < 1.29 is 19.1 Å². The van der Waals surface area contributed by atoms with Crippen molar-refractivity contribution in [1.29, 1.82) is 0 Å². The van der Waals surface area contributed by atoms with E-state index in [9.17, 15) is 14.4 Å². The average molecular weight is 496 g/mol. The highest BCUT2D eigenvalue weighted by molar-refractivity contribution is 8.00. The molecule has 3 heterocycles. The van der Waals surface area contributed by atoms with Crippen LogP contribution in [0.25, 0.3) is 0 Å². The first-order valence-corrected chi connectivity index (χ1v) is 12.6. The second kappa shape index (κ2) is 9.52. The van der Waals surface area contributed by atoms with Crippen molar-refractivity contribution in [2.45, 2.75) is 24.1 Å². The number of carbonyl (C=O) groups is 3. The summed E-state index contributed by atoms with van der Waals surface area (Å²) < 4.78 is 5.27. The van der Waals surface area contributed by atoms with Crippen molar-refractivity contribution in [2.24, 2.45) is 5.92 Å². The maximum absolute atomic E-state index is 13.2. The van der Waals surface area contributed by atoms with Crippen LogP contribution in [0.4, 0.5) is 10.5 Å². The average Bonchev–Trinajstić information content (AvgIpc) is 3.33. The largest absolute Gasteiger partial charge is 0.497 e. The van der Waals surface area contributed by atoms with E-state index in [0.29, 0.717) is 6.54 Å². The van der Waals surface area contributed by atoms with Gasteiger partial charge in [-0.25, -0.2) is 4.79 Å². The van der Waals surface area contributed by atoms with E-state index in [1.165, 1.54) is 24.4 Å². The molecule has 0 aromatic heterocycles. The number of imide groups is 1. The summed E-state index contributed by atoms with van der Waals surface area (Å²) in [5, 5.41) is 6.56. The molecule has 2 aromatic carbocycles. The summed E-state index contributed by atoms with van der Waals surface area (Å²) >= 11 is 1.42. The Hall–Kier alpha value is -3.08. The standard InChI is InChI=1S/C25H29N5O4S/c1-28-22-20(24(32)29(2)25(28)33)23(27-21(26-22)16-8-10-17(34-3)11-9-16)35-14-19(31)30-13-12-15-6-4-5-7-18(15)30/h4-11,20-23,26-27H,12-14H2,1-3H3. The smallest absolute Gasteiger partial charge is 0.327 e. The fraction of sp³-hybridized carbons (Fsp3) is 0.400. The number of benzene rings is 2. The van der Waals surface area contributed by atoms with E-state index in [4.69, 9.17) is 4.74 Å². The molecule has 4 atom stereocenters. The molecule has 9 nitrogen and oxygen atoms in total. The molecule has 2 aromatic rings. The van der Waals surface area contributed by atoms with Gasteiger partial charge in [-0.05, 0) is 35.7 Å². The summed E-state index contributed by atoms with van der Waals surface area (Å²) in [6, 6.07) is 15.2. The zero-order valence-electron chi connectivity index (χ0n) is 19.9. The third-order valence-corrected chi connectivity index (χ3v) is 8.18. The summed E-state index contributed by atoms with van der Waals surface area (Å²) in [4.78, 5) is 43.6. The molecule has 184 valence electrons. The topological polar surface area (TPSA) is 94.2 Å². The van der Waals surface area contributed by atoms with Gasteiger partial charge in [0.1, 0.15) is 5.75 Å². The Bertz CT molecular complexity index is 1140. The highest BCUT2D eigenvalue weighted by atomic mass is 32.2. The van der Waals surface area contributed by atoms with Crippen LogP contribution in [0.1, 0.15) is 17.3 Å². The van der Waals surface area contributed by atoms with Gasteiger partial charge < -0.3 is 14.5 Å². The minimum Gasteiger partial charge on any atom is -0.497 e. The molecule has 0 saturated carbocycles. The number of methoxy groups -OCH3 is 1. The van der Waals surface area contributed by atoms with Crippen LogP contribution in [0.5, 0.6) is 5.75 Å². The van der Waals surface area contributed by atoms with E-state index >= 15 is 0 Å². The Labute approximate surface area is 208 Å². The molecule has 2 saturated heterocycles. The van der Waals surface area contributed by atoms with Crippen LogP contribution in [-0.4, -0.2) is 72.7 Å². The molecule has 3 aliphatic heterocycles. The van der Waals surface area contributed by atoms with Crippen molar-refractivity contribution in [3.05, 3.63) is 59.7 Å². The Kier molecular flexibility index (Phi) is 6.43. The molecule has 4 amide bonds. The lowest BCUT2D eigenvalue weighted by Gasteiger charge is -2.50. The lowest BCUT2D eigenvalue weighted by Crippen LogP contribution is -2.72. The molecule has 4 unspecified atom stereocenters. The molecule has 5 rings (SSSR count). The van der Waals surface area contributed by atoms with Crippen LogP contribution in [-0.2, 0) is 16.0 Å². The van der Waals surface area contributed by atoms with Gasteiger partial charge in [0.05, 0.1) is 36.5 Å². The SMILES string of the molecule is COc1ccc(C2NC(SCC(=O)N3CCc4ccccc43)C3C(=O)N(C)C(=O)N(C)C3N2)cc1. The first-order chi connectivity index (χ1) is 16.9. The lowest BCUT2D eigenvalue weighted by atomic mass is 9.96. The van der Waals surface area contributed by atoms with Crippen LogP contribution in [0.2, 0.25) is 0 Å². The molecule has 2 N–H and O–H groups in total. The van der Waals surface area contributed by atoms with E-state index in [2.05, 4.69) is 16.7 Å². The molecule has 0 spiro atoms. The van der Waals surface area contributed by atoms with Gasteiger partial charge in [-0.15, -0.1) is 11.8 Å². The maximum Gasteiger partial charge on any atom is 0.327 e. The summed E-state index contributed by atoms with van der Waals surface area (Å²) in [7, 11) is 4.81. The Morgan fingerprint density at radius 1 is 1.09 bits per heavy atom. The molecule has 3 aliphatic rings. The van der Waals surface area contributed by atoms with Crippen molar-refractivity contribution in [1.82, 2.24) is 20.4 Å². The number of nitrogens with one attached hydrogen (secondary N) is 2. The van der Waals surface area contributed by atoms with Crippen molar-refractivity contribution in [3.63, 3.8) is 0 Å². The molecule has 2 fully saturated rings. The zero-order valence-corrected chi connectivity index (χ0v) is 20.7. The van der Waals surface area contributed by atoms with Gasteiger partial charge in [0.2, 0.25) is 11.8 Å². The zero-order chi connectivity index (χ0) is 24.7. The lowest BCUT2D eigenvalue weighted by molar-refractivity contribution is -0.140. The third kappa shape index (κ3) is 4.26. The van der Waals surface area contributed by atoms with Crippen LogP contribution in [0, 0.1) is 5.92 Å². The quantitative estimate of drug-likeness (QED) is 0.655. The molecule has 0 bridgehead atoms. The van der Waals surface area contributed by atoms with Gasteiger partial charge in [0.25, 0.3) is 0 Å².